The van der Waals surface area contributed by atoms with E-state index in [0.29, 0.717) is 16.8 Å². The smallest absolute Gasteiger partial charge is 0.340 e. The van der Waals surface area contributed by atoms with E-state index in [1.165, 1.54) is 6.07 Å². The monoisotopic (exact) mass is 402 g/mol. The molecule has 0 aliphatic heterocycles. The number of rotatable bonds is 7. The number of nitrogens with zero attached hydrogens (tertiary/aromatic N) is 2. The van der Waals surface area contributed by atoms with E-state index < -0.39 is 22.3 Å². The van der Waals surface area contributed by atoms with Gasteiger partial charge in [0.05, 0.1) is 40.3 Å². The molecule has 0 amide bonds. The molecule has 0 saturated heterocycles. The third-order valence-electron chi connectivity index (χ3n) is 4.36. The molecule has 2 aromatic rings. The molecule has 0 atom stereocenters. The molecule has 0 spiro atoms. The lowest BCUT2D eigenvalue weighted by Gasteiger charge is -2.24. The van der Waals surface area contributed by atoms with E-state index in [9.17, 15) is 19.7 Å². The molecule has 0 unspecified atom stereocenters. The number of fused-ring (bicyclic) bond motifs is 1. The van der Waals surface area contributed by atoms with Crippen molar-refractivity contribution in [3.63, 3.8) is 0 Å². The maximum atomic E-state index is 12.9. The van der Waals surface area contributed by atoms with Crippen LogP contribution in [-0.4, -0.2) is 35.1 Å². The summed E-state index contributed by atoms with van der Waals surface area (Å²) in [6, 6.07) is 4.59. The van der Waals surface area contributed by atoms with E-state index in [1.807, 2.05) is 20.8 Å². The quantitative estimate of drug-likeness (QED) is 0.389. The van der Waals surface area contributed by atoms with Crippen LogP contribution >= 0.6 is 0 Å². The Bertz CT molecular complexity index is 946. The summed E-state index contributed by atoms with van der Waals surface area (Å²) >= 11 is 0. The van der Waals surface area contributed by atoms with Crippen LogP contribution in [0, 0.1) is 10.1 Å². The Morgan fingerprint density at radius 3 is 2.34 bits per heavy atom. The molecule has 1 heterocycles. The van der Waals surface area contributed by atoms with Gasteiger partial charge in [-0.3, -0.25) is 19.9 Å². The van der Waals surface area contributed by atoms with Gasteiger partial charge in [-0.25, -0.2) is 4.79 Å². The summed E-state index contributed by atoms with van der Waals surface area (Å²) in [6.45, 7) is 9.46. The molecule has 29 heavy (non-hydrogen) atoms. The third-order valence-corrected chi connectivity index (χ3v) is 4.36. The maximum absolute atomic E-state index is 12.9. The number of carbonyl (C=O) groups is 2. The second kappa shape index (κ2) is 8.98. The summed E-state index contributed by atoms with van der Waals surface area (Å²) in [6.07, 6.45) is 0.0783. The van der Waals surface area contributed by atoms with Crippen molar-refractivity contribution in [3.8, 4) is 0 Å². The SMILES string of the molecule is CCOC(=O)CCc1c(C(=O)OCC)c(C(C)(C)C)nc2cccc([N+](=O)[O-])c12. The van der Waals surface area contributed by atoms with Gasteiger partial charge in [0.25, 0.3) is 5.69 Å². The Morgan fingerprint density at radius 1 is 1.14 bits per heavy atom. The molecule has 0 radical (unpaired) electrons. The second-order valence-corrected chi connectivity index (χ2v) is 7.52. The minimum atomic E-state index is -0.608. The Balaban J connectivity index is 2.88. The lowest BCUT2D eigenvalue weighted by molar-refractivity contribution is -0.383. The predicted molar refractivity (Wildman–Crippen MR) is 108 cm³/mol. The van der Waals surface area contributed by atoms with Crippen molar-refractivity contribution >= 4 is 28.5 Å². The topological polar surface area (TPSA) is 109 Å². The summed E-state index contributed by atoms with van der Waals surface area (Å²) in [4.78, 5) is 40.6. The number of benzene rings is 1. The van der Waals surface area contributed by atoms with Crippen LogP contribution in [0.1, 0.15) is 62.7 Å². The minimum Gasteiger partial charge on any atom is -0.466 e. The molecule has 1 aromatic carbocycles. The van der Waals surface area contributed by atoms with Gasteiger partial charge in [0.1, 0.15) is 0 Å². The number of aromatic nitrogens is 1. The van der Waals surface area contributed by atoms with Crippen molar-refractivity contribution in [2.75, 3.05) is 13.2 Å². The van der Waals surface area contributed by atoms with Crippen molar-refractivity contribution in [3.05, 3.63) is 45.1 Å². The van der Waals surface area contributed by atoms with Gasteiger partial charge in [-0.1, -0.05) is 26.8 Å². The molecular weight excluding hydrogens is 376 g/mol. The number of ether oxygens (including phenoxy) is 2. The molecule has 2 rings (SSSR count). The van der Waals surface area contributed by atoms with Gasteiger partial charge >= 0.3 is 11.9 Å². The van der Waals surface area contributed by atoms with Crippen LogP contribution in [0.3, 0.4) is 0 Å². The van der Waals surface area contributed by atoms with Gasteiger partial charge in [-0.2, -0.15) is 0 Å². The van der Waals surface area contributed by atoms with Crippen LogP contribution in [0.2, 0.25) is 0 Å². The highest BCUT2D eigenvalue weighted by Gasteiger charge is 2.31. The third kappa shape index (κ3) is 4.88. The van der Waals surface area contributed by atoms with E-state index in [4.69, 9.17) is 9.47 Å². The zero-order chi connectivity index (χ0) is 21.8. The number of hydrogen-bond acceptors (Lipinski definition) is 7. The molecule has 0 fully saturated rings. The van der Waals surface area contributed by atoms with Gasteiger partial charge in [0.15, 0.2) is 0 Å². The zero-order valence-electron chi connectivity index (χ0n) is 17.4. The van der Waals surface area contributed by atoms with Gasteiger partial charge in [-0.15, -0.1) is 0 Å². The van der Waals surface area contributed by atoms with Gasteiger partial charge in [0, 0.05) is 17.9 Å². The largest absolute Gasteiger partial charge is 0.466 e. The highest BCUT2D eigenvalue weighted by atomic mass is 16.6. The van der Waals surface area contributed by atoms with Crippen LogP contribution in [0.4, 0.5) is 5.69 Å². The number of carbonyl (C=O) groups excluding carboxylic acids is 2. The molecule has 1 aromatic heterocycles. The Kier molecular flexibility index (Phi) is 6.89. The van der Waals surface area contributed by atoms with Crippen LogP contribution in [0.5, 0.6) is 0 Å². The number of non-ortho nitro benzene ring substituents is 1. The zero-order valence-corrected chi connectivity index (χ0v) is 17.4. The highest BCUT2D eigenvalue weighted by molar-refractivity contribution is 6.02. The molecular formula is C21H26N2O6. The van der Waals surface area contributed by atoms with Gasteiger partial charge in [0.2, 0.25) is 0 Å². The molecule has 8 nitrogen and oxygen atoms in total. The standard InChI is InChI=1S/C21H26N2O6/c1-6-28-16(24)12-11-13-17-14(9-8-10-15(17)23(26)27)22-19(21(3,4)5)18(13)20(25)29-7-2/h8-10H,6-7,11-12H2,1-5H3. The van der Waals surface area contributed by atoms with E-state index in [2.05, 4.69) is 4.98 Å². The van der Waals surface area contributed by atoms with Crippen molar-refractivity contribution in [1.82, 2.24) is 4.98 Å². The number of esters is 2. The van der Waals surface area contributed by atoms with Crippen LogP contribution in [0.15, 0.2) is 18.2 Å². The number of nitro benzene ring substituents is 1. The fraction of sp³-hybridized carbons (Fsp3) is 0.476. The Hall–Kier alpha value is -3.03. The average molecular weight is 402 g/mol. The first kappa shape index (κ1) is 22.3. The number of nitro groups is 1. The fourth-order valence-corrected chi connectivity index (χ4v) is 3.20. The second-order valence-electron chi connectivity index (χ2n) is 7.52. The van der Waals surface area contributed by atoms with Crippen LogP contribution in [0.25, 0.3) is 10.9 Å². The molecule has 0 N–H and O–H groups in total. The molecule has 0 aliphatic carbocycles. The van der Waals surface area contributed by atoms with Gasteiger partial charge < -0.3 is 9.47 Å². The predicted octanol–water partition coefficient (Wildman–Crippen LogP) is 4.11. The first-order chi connectivity index (χ1) is 13.6. The van der Waals surface area contributed by atoms with Crippen molar-refractivity contribution < 1.29 is 24.0 Å². The summed E-state index contributed by atoms with van der Waals surface area (Å²) in [7, 11) is 0. The summed E-state index contributed by atoms with van der Waals surface area (Å²) in [5.41, 5.74) is 0.752. The van der Waals surface area contributed by atoms with Crippen molar-refractivity contribution in [1.29, 1.82) is 0 Å². The fourth-order valence-electron chi connectivity index (χ4n) is 3.20. The first-order valence-corrected chi connectivity index (χ1v) is 9.55. The summed E-state index contributed by atoms with van der Waals surface area (Å²) in [5.74, 6) is -1.05. The molecule has 0 bridgehead atoms. The van der Waals surface area contributed by atoms with Crippen LogP contribution in [-0.2, 0) is 26.1 Å². The summed E-state index contributed by atoms with van der Waals surface area (Å²) < 4.78 is 10.2. The normalized spacial score (nSPS) is 11.3. The number of aryl methyl sites for hydroxylation is 1. The molecule has 0 aliphatic rings. The molecule has 0 saturated carbocycles. The maximum Gasteiger partial charge on any atom is 0.340 e. The van der Waals surface area contributed by atoms with E-state index in [0.717, 1.165) is 0 Å². The van der Waals surface area contributed by atoms with E-state index in [-0.39, 0.29) is 42.7 Å². The Morgan fingerprint density at radius 2 is 1.79 bits per heavy atom. The van der Waals surface area contributed by atoms with E-state index >= 15 is 0 Å². The number of hydrogen-bond donors (Lipinski definition) is 0. The lowest BCUT2D eigenvalue weighted by Crippen LogP contribution is -2.23. The molecule has 156 valence electrons. The first-order valence-electron chi connectivity index (χ1n) is 9.55. The Labute approximate surface area is 169 Å². The van der Waals surface area contributed by atoms with E-state index in [1.54, 1.807) is 26.0 Å². The molecule has 8 heteroatoms. The van der Waals surface area contributed by atoms with Crippen molar-refractivity contribution in [2.24, 2.45) is 0 Å². The minimum absolute atomic E-state index is 0.0189. The highest BCUT2D eigenvalue weighted by Crippen LogP contribution is 2.36. The van der Waals surface area contributed by atoms with Crippen LogP contribution < -0.4 is 0 Å². The lowest BCUT2D eigenvalue weighted by atomic mass is 9.84. The average Bonchev–Trinajstić information content (AvgIpc) is 2.64. The van der Waals surface area contributed by atoms with Crippen molar-refractivity contribution in [2.45, 2.75) is 52.9 Å². The van der Waals surface area contributed by atoms with Gasteiger partial charge in [-0.05, 0) is 31.9 Å². The number of pyridine rings is 1. The summed E-state index contributed by atoms with van der Waals surface area (Å²) in [5, 5.41) is 11.9.